The smallest absolute Gasteiger partial charge is 0.238 e. The second-order valence-corrected chi connectivity index (χ2v) is 7.41. The molecule has 8 heteroatoms. The van der Waals surface area contributed by atoms with Crippen LogP contribution in [0.3, 0.4) is 0 Å². The second kappa shape index (κ2) is 5.29. The van der Waals surface area contributed by atoms with Crippen molar-refractivity contribution in [1.29, 1.82) is 0 Å². The molecule has 1 aromatic carbocycles. The maximum atomic E-state index is 13.3. The lowest BCUT2D eigenvalue weighted by molar-refractivity contribution is -0.125. The number of rotatable bonds is 3. The van der Waals surface area contributed by atoms with Crippen LogP contribution in [0.4, 0.5) is 4.39 Å². The summed E-state index contributed by atoms with van der Waals surface area (Å²) in [6, 6.07) is 6.62. The maximum absolute atomic E-state index is 13.3. The van der Waals surface area contributed by atoms with E-state index in [1.54, 1.807) is 13.8 Å². The van der Waals surface area contributed by atoms with Crippen molar-refractivity contribution in [1.82, 2.24) is 0 Å². The summed E-state index contributed by atoms with van der Waals surface area (Å²) >= 11 is 0. The average molecular weight is 351 g/mol. The van der Waals surface area contributed by atoms with E-state index in [4.69, 9.17) is 14.3 Å². The highest BCUT2D eigenvalue weighted by Gasteiger charge is 2.44. The molecule has 2 heterocycles. The van der Waals surface area contributed by atoms with Crippen LogP contribution in [-0.4, -0.2) is 19.8 Å². The number of hydrogen-bond donors (Lipinski definition) is 1. The van der Waals surface area contributed by atoms with E-state index in [1.807, 2.05) is 0 Å². The molecule has 0 unspecified atom stereocenters. The quantitative estimate of drug-likeness (QED) is 0.915. The Bertz CT molecular complexity index is 955. The van der Waals surface area contributed by atoms with Gasteiger partial charge in [0, 0.05) is 11.6 Å². The normalized spacial score (nSPS) is 17.2. The van der Waals surface area contributed by atoms with Crippen LogP contribution in [0, 0.1) is 5.82 Å². The summed E-state index contributed by atoms with van der Waals surface area (Å²) in [5, 5.41) is 5.06. The molecular formula is C16H14FNO5S. The van der Waals surface area contributed by atoms with Gasteiger partial charge in [0.2, 0.25) is 15.8 Å². The van der Waals surface area contributed by atoms with Crippen molar-refractivity contribution in [2.75, 3.05) is 0 Å². The summed E-state index contributed by atoms with van der Waals surface area (Å²) < 4.78 is 46.7. The zero-order valence-electron chi connectivity index (χ0n) is 12.9. The van der Waals surface area contributed by atoms with Crippen molar-refractivity contribution in [3.63, 3.8) is 0 Å². The van der Waals surface area contributed by atoms with Gasteiger partial charge in [-0.15, -0.1) is 0 Å². The summed E-state index contributed by atoms with van der Waals surface area (Å²) in [5.74, 6) is -0.727. The topological polar surface area (TPSA) is 99.6 Å². The first kappa shape index (κ1) is 16.4. The molecule has 0 fully saturated rings. The summed E-state index contributed by atoms with van der Waals surface area (Å²) in [5.41, 5.74) is -0.590. The van der Waals surface area contributed by atoms with Crippen LogP contribution in [0.25, 0.3) is 11.3 Å². The van der Waals surface area contributed by atoms with Gasteiger partial charge in [-0.3, -0.25) is 4.79 Å². The van der Waals surface area contributed by atoms with E-state index in [2.05, 4.69) is 0 Å². The van der Waals surface area contributed by atoms with Crippen LogP contribution >= 0.6 is 0 Å². The molecule has 2 N–H and O–H groups in total. The lowest BCUT2D eigenvalue weighted by Gasteiger charge is -2.17. The number of halogens is 1. The third-order valence-corrected chi connectivity index (χ3v) is 4.55. The predicted molar refractivity (Wildman–Crippen MR) is 83.5 cm³/mol. The van der Waals surface area contributed by atoms with Crippen LogP contribution < -0.4 is 5.14 Å². The fourth-order valence-electron chi connectivity index (χ4n) is 2.42. The van der Waals surface area contributed by atoms with E-state index in [-0.39, 0.29) is 27.8 Å². The maximum Gasteiger partial charge on any atom is 0.238 e. The first-order valence-electron chi connectivity index (χ1n) is 6.95. The molecule has 3 rings (SSSR count). The standard InChI is InChI=1S/C16H14FNO5S/c1-16(2)15(19)13(12-7-10(17)8-22-12)14(23-16)9-3-5-11(6-4-9)24(18,20)21/h3-8H,1-2H3,(H2,18,20,21). The number of sulfonamides is 1. The molecule has 1 aliphatic heterocycles. The number of furan rings is 1. The lowest BCUT2D eigenvalue weighted by Crippen LogP contribution is -2.29. The van der Waals surface area contributed by atoms with Crippen LogP contribution in [-0.2, 0) is 19.6 Å². The molecule has 0 atom stereocenters. The monoisotopic (exact) mass is 351 g/mol. The van der Waals surface area contributed by atoms with E-state index in [1.165, 1.54) is 24.3 Å². The van der Waals surface area contributed by atoms with Crippen LogP contribution in [0.5, 0.6) is 0 Å². The minimum atomic E-state index is -3.83. The second-order valence-electron chi connectivity index (χ2n) is 5.84. The van der Waals surface area contributed by atoms with Gasteiger partial charge in [0.05, 0.1) is 4.90 Å². The number of carbonyl (C=O) groups excluding carboxylic acids is 1. The number of primary sulfonamides is 1. The first-order chi connectivity index (χ1) is 11.1. The van der Waals surface area contributed by atoms with Crippen LogP contribution in [0.1, 0.15) is 25.2 Å². The number of benzene rings is 1. The molecule has 2 aromatic rings. The van der Waals surface area contributed by atoms with Gasteiger partial charge in [-0.25, -0.2) is 17.9 Å². The highest BCUT2D eigenvalue weighted by Crippen LogP contribution is 2.41. The molecule has 0 amide bonds. The minimum absolute atomic E-state index is 0.0496. The van der Waals surface area contributed by atoms with Crippen molar-refractivity contribution in [2.45, 2.75) is 24.3 Å². The number of carbonyl (C=O) groups is 1. The summed E-state index contributed by atoms with van der Waals surface area (Å²) in [6.45, 7) is 3.17. The highest BCUT2D eigenvalue weighted by molar-refractivity contribution is 7.89. The number of ether oxygens (including phenoxy) is 1. The lowest BCUT2D eigenvalue weighted by atomic mass is 9.96. The van der Waals surface area contributed by atoms with Gasteiger partial charge < -0.3 is 9.15 Å². The summed E-state index contributed by atoms with van der Waals surface area (Å²) in [6.07, 6.45) is 0.892. The van der Waals surface area contributed by atoms with Crippen LogP contribution in [0.2, 0.25) is 0 Å². The van der Waals surface area contributed by atoms with E-state index >= 15 is 0 Å². The van der Waals surface area contributed by atoms with E-state index in [0.717, 1.165) is 12.3 Å². The number of hydrogen-bond acceptors (Lipinski definition) is 5. The van der Waals surface area contributed by atoms with Gasteiger partial charge in [0.15, 0.2) is 11.4 Å². The zero-order valence-corrected chi connectivity index (χ0v) is 13.7. The Morgan fingerprint density at radius 2 is 1.79 bits per heavy atom. The molecule has 0 spiro atoms. The van der Waals surface area contributed by atoms with Crippen molar-refractivity contribution < 1.29 is 26.8 Å². The molecule has 1 aliphatic rings. The summed E-state index contributed by atoms with van der Waals surface area (Å²) in [4.78, 5) is 12.5. The Morgan fingerprint density at radius 3 is 2.29 bits per heavy atom. The molecule has 6 nitrogen and oxygen atoms in total. The Kier molecular flexibility index (Phi) is 3.61. The molecule has 126 valence electrons. The van der Waals surface area contributed by atoms with E-state index in [9.17, 15) is 17.6 Å². The predicted octanol–water partition coefficient (Wildman–Crippen LogP) is 2.31. The largest absolute Gasteiger partial charge is 0.478 e. The van der Waals surface area contributed by atoms with E-state index in [0.29, 0.717) is 5.56 Å². The van der Waals surface area contributed by atoms with E-state index < -0.39 is 21.4 Å². The van der Waals surface area contributed by atoms with Crippen LogP contribution in [0.15, 0.2) is 45.9 Å². The van der Waals surface area contributed by atoms with Gasteiger partial charge in [0.1, 0.15) is 23.4 Å². The van der Waals surface area contributed by atoms with Gasteiger partial charge in [-0.05, 0) is 38.1 Å². The fraction of sp³-hybridized carbons (Fsp3) is 0.188. The Balaban J connectivity index is 2.15. The van der Waals surface area contributed by atoms with Gasteiger partial charge in [-0.1, -0.05) is 0 Å². The number of Topliss-reactive ketones (excluding diaryl/α,β-unsaturated/α-hetero) is 1. The average Bonchev–Trinajstić information content (AvgIpc) is 3.00. The SMILES string of the molecule is CC1(C)OC(c2ccc(S(N)(=O)=O)cc2)=C(c2cc(F)co2)C1=O. The molecule has 0 aliphatic carbocycles. The Hall–Kier alpha value is -2.45. The molecule has 0 saturated heterocycles. The molecule has 24 heavy (non-hydrogen) atoms. The van der Waals surface area contributed by atoms with Crippen molar-refractivity contribution in [3.05, 3.63) is 53.7 Å². The Labute approximate surface area is 137 Å². The van der Waals surface area contributed by atoms with Gasteiger partial charge in [-0.2, -0.15) is 0 Å². The summed E-state index contributed by atoms with van der Waals surface area (Å²) in [7, 11) is -3.83. The Morgan fingerprint density at radius 1 is 1.17 bits per heavy atom. The van der Waals surface area contributed by atoms with Crippen molar-refractivity contribution in [2.24, 2.45) is 5.14 Å². The molecular weight excluding hydrogens is 337 g/mol. The number of ketones is 1. The van der Waals surface area contributed by atoms with Crippen molar-refractivity contribution in [3.8, 4) is 0 Å². The highest BCUT2D eigenvalue weighted by atomic mass is 32.2. The third-order valence-electron chi connectivity index (χ3n) is 3.62. The van der Waals surface area contributed by atoms with Gasteiger partial charge in [0.25, 0.3) is 0 Å². The molecule has 1 aromatic heterocycles. The molecule has 0 radical (unpaired) electrons. The minimum Gasteiger partial charge on any atom is -0.478 e. The molecule has 0 saturated carbocycles. The zero-order chi connectivity index (χ0) is 17.7. The fourth-order valence-corrected chi connectivity index (χ4v) is 2.94. The third kappa shape index (κ3) is 2.74. The van der Waals surface area contributed by atoms with Gasteiger partial charge >= 0.3 is 0 Å². The molecule has 0 bridgehead atoms. The van der Waals surface area contributed by atoms with Crippen molar-refractivity contribution >= 4 is 27.1 Å². The first-order valence-corrected chi connectivity index (χ1v) is 8.50. The number of nitrogens with two attached hydrogens (primary N) is 1.